The molecule has 0 aromatic heterocycles. The minimum absolute atomic E-state index is 0.181. The molecule has 0 aliphatic heterocycles. The predicted octanol–water partition coefficient (Wildman–Crippen LogP) is 2.26. The van der Waals surface area contributed by atoms with Crippen molar-refractivity contribution in [3.8, 4) is 5.75 Å². The minimum atomic E-state index is -0.181. The molecule has 0 saturated carbocycles. The van der Waals surface area contributed by atoms with Crippen LogP contribution >= 0.6 is 0 Å². The Kier molecular flexibility index (Phi) is 6.97. The Hall–Kier alpha value is -1.55. The van der Waals surface area contributed by atoms with Crippen LogP contribution in [-0.2, 0) is 9.53 Å². The van der Waals surface area contributed by atoms with Crippen LogP contribution in [0.1, 0.15) is 19.4 Å². The molecule has 1 aromatic rings. The molecule has 0 radical (unpaired) electrons. The summed E-state index contributed by atoms with van der Waals surface area (Å²) in [5.41, 5.74) is 1.18. The number of benzene rings is 1. The highest BCUT2D eigenvalue weighted by atomic mass is 16.5. The van der Waals surface area contributed by atoms with Crippen LogP contribution in [0.5, 0.6) is 5.75 Å². The Morgan fingerprint density at radius 1 is 1.32 bits per heavy atom. The van der Waals surface area contributed by atoms with Crippen molar-refractivity contribution >= 4 is 5.97 Å². The van der Waals surface area contributed by atoms with Gasteiger partial charge in [0, 0.05) is 6.54 Å². The summed E-state index contributed by atoms with van der Waals surface area (Å²) in [7, 11) is 0. The zero-order valence-electron chi connectivity index (χ0n) is 12.0. The molecule has 0 saturated heterocycles. The Morgan fingerprint density at radius 3 is 2.74 bits per heavy atom. The third kappa shape index (κ3) is 6.25. The largest absolute Gasteiger partial charge is 0.492 e. The first kappa shape index (κ1) is 15.5. The molecule has 0 spiro atoms. The second-order valence-electron chi connectivity index (χ2n) is 4.34. The average Bonchev–Trinajstić information content (AvgIpc) is 2.38. The van der Waals surface area contributed by atoms with Crippen molar-refractivity contribution in [1.29, 1.82) is 0 Å². The molecule has 0 bridgehead atoms. The number of hydrogen-bond donors (Lipinski definition) is 0. The van der Waals surface area contributed by atoms with Gasteiger partial charge in [-0.05, 0) is 38.1 Å². The highest BCUT2D eigenvalue weighted by molar-refractivity contribution is 5.71. The number of hydrogen-bond acceptors (Lipinski definition) is 4. The van der Waals surface area contributed by atoms with Crippen LogP contribution in [0.2, 0.25) is 0 Å². The van der Waals surface area contributed by atoms with Gasteiger partial charge in [0.25, 0.3) is 0 Å². The molecule has 4 heteroatoms. The van der Waals surface area contributed by atoms with Gasteiger partial charge in [0.2, 0.25) is 0 Å². The van der Waals surface area contributed by atoms with E-state index in [-0.39, 0.29) is 5.97 Å². The molecule has 19 heavy (non-hydrogen) atoms. The van der Waals surface area contributed by atoms with E-state index in [1.165, 1.54) is 5.56 Å². The number of carbonyl (C=O) groups excluding carboxylic acids is 1. The molecule has 106 valence electrons. The molecule has 4 nitrogen and oxygen atoms in total. The van der Waals surface area contributed by atoms with Gasteiger partial charge in [-0.25, -0.2) is 0 Å². The lowest BCUT2D eigenvalue weighted by atomic mass is 10.2. The Balaban J connectivity index is 2.31. The number of nitrogens with zero attached hydrogens (tertiary/aromatic N) is 1. The quantitative estimate of drug-likeness (QED) is 0.676. The highest BCUT2D eigenvalue weighted by Crippen LogP contribution is 2.12. The van der Waals surface area contributed by atoms with Crippen molar-refractivity contribution in [3.05, 3.63) is 29.8 Å². The number of aryl methyl sites for hydroxylation is 1. The molecule has 0 heterocycles. The van der Waals surface area contributed by atoms with E-state index in [0.29, 0.717) is 26.3 Å². The maximum absolute atomic E-state index is 11.4. The molecule has 0 amide bonds. The first-order valence-corrected chi connectivity index (χ1v) is 6.73. The van der Waals surface area contributed by atoms with E-state index < -0.39 is 0 Å². The molecular weight excluding hydrogens is 242 g/mol. The lowest BCUT2D eigenvalue weighted by molar-refractivity contribution is -0.144. The lowest BCUT2D eigenvalue weighted by Crippen LogP contribution is -2.34. The Bertz CT molecular complexity index is 393. The van der Waals surface area contributed by atoms with Crippen molar-refractivity contribution in [2.24, 2.45) is 0 Å². The van der Waals surface area contributed by atoms with Gasteiger partial charge in [-0.1, -0.05) is 19.1 Å². The third-order valence-electron chi connectivity index (χ3n) is 2.77. The number of likely N-dealkylation sites (N-methyl/N-ethyl adjacent to an activating group) is 1. The van der Waals surface area contributed by atoms with Crippen LogP contribution in [0.25, 0.3) is 0 Å². The summed E-state index contributed by atoms with van der Waals surface area (Å²) in [4.78, 5) is 13.4. The van der Waals surface area contributed by atoms with Gasteiger partial charge >= 0.3 is 5.97 Å². The summed E-state index contributed by atoms with van der Waals surface area (Å²) in [6.45, 7) is 8.69. The van der Waals surface area contributed by atoms with E-state index in [0.717, 1.165) is 12.3 Å². The Morgan fingerprint density at radius 2 is 2.11 bits per heavy atom. The first-order chi connectivity index (χ1) is 9.15. The summed E-state index contributed by atoms with van der Waals surface area (Å²) < 4.78 is 10.6. The van der Waals surface area contributed by atoms with Crippen molar-refractivity contribution in [1.82, 2.24) is 4.90 Å². The second kappa shape index (κ2) is 8.53. The van der Waals surface area contributed by atoms with E-state index in [1.807, 2.05) is 49.9 Å². The highest BCUT2D eigenvalue weighted by Gasteiger charge is 2.09. The molecule has 0 unspecified atom stereocenters. The first-order valence-electron chi connectivity index (χ1n) is 6.73. The van der Waals surface area contributed by atoms with Crippen LogP contribution < -0.4 is 4.74 Å². The zero-order valence-corrected chi connectivity index (χ0v) is 12.0. The van der Waals surface area contributed by atoms with Crippen molar-refractivity contribution in [2.75, 3.05) is 32.8 Å². The molecule has 0 atom stereocenters. The fourth-order valence-electron chi connectivity index (χ4n) is 1.74. The number of ether oxygens (including phenoxy) is 2. The van der Waals surface area contributed by atoms with E-state index in [9.17, 15) is 4.79 Å². The van der Waals surface area contributed by atoms with Crippen LogP contribution in [-0.4, -0.2) is 43.7 Å². The van der Waals surface area contributed by atoms with E-state index in [4.69, 9.17) is 9.47 Å². The SMILES string of the molecule is CCOC(=O)CN(CC)CCOc1cccc(C)c1. The zero-order chi connectivity index (χ0) is 14.1. The maximum Gasteiger partial charge on any atom is 0.320 e. The summed E-state index contributed by atoms with van der Waals surface area (Å²) in [5.74, 6) is 0.687. The van der Waals surface area contributed by atoms with Gasteiger partial charge in [0.05, 0.1) is 13.2 Å². The minimum Gasteiger partial charge on any atom is -0.492 e. The smallest absolute Gasteiger partial charge is 0.320 e. The predicted molar refractivity (Wildman–Crippen MR) is 75.4 cm³/mol. The van der Waals surface area contributed by atoms with Gasteiger partial charge in [0.1, 0.15) is 12.4 Å². The normalized spacial score (nSPS) is 10.5. The molecular formula is C15H23NO3. The van der Waals surface area contributed by atoms with Crippen LogP contribution in [0.15, 0.2) is 24.3 Å². The average molecular weight is 265 g/mol. The van der Waals surface area contributed by atoms with E-state index in [1.54, 1.807) is 0 Å². The summed E-state index contributed by atoms with van der Waals surface area (Å²) in [6.07, 6.45) is 0. The summed E-state index contributed by atoms with van der Waals surface area (Å²) in [6, 6.07) is 7.95. The van der Waals surface area contributed by atoms with Gasteiger partial charge in [0.15, 0.2) is 0 Å². The fraction of sp³-hybridized carbons (Fsp3) is 0.533. The monoisotopic (exact) mass is 265 g/mol. The standard InChI is InChI=1S/C15H23NO3/c1-4-16(12-15(17)18-5-2)9-10-19-14-8-6-7-13(3)11-14/h6-8,11H,4-5,9-10,12H2,1-3H3. The van der Waals surface area contributed by atoms with E-state index in [2.05, 4.69) is 0 Å². The van der Waals surface area contributed by atoms with Crippen molar-refractivity contribution < 1.29 is 14.3 Å². The Labute approximate surface area is 115 Å². The number of carbonyl (C=O) groups is 1. The van der Waals surface area contributed by atoms with Gasteiger partial charge in [-0.15, -0.1) is 0 Å². The van der Waals surface area contributed by atoms with Crippen LogP contribution in [0, 0.1) is 6.92 Å². The topological polar surface area (TPSA) is 38.8 Å². The van der Waals surface area contributed by atoms with Gasteiger partial charge < -0.3 is 9.47 Å². The summed E-state index contributed by atoms with van der Waals surface area (Å²) in [5, 5.41) is 0. The lowest BCUT2D eigenvalue weighted by Gasteiger charge is -2.19. The van der Waals surface area contributed by atoms with Gasteiger partial charge in [-0.3, -0.25) is 9.69 Å². The summed E-state index contributed by atoms with van der Waals surface area (Å²) >= 11 is 0. The molecule has 1 aromatic carbocycles. The molecule has 0 fully saturated rings. The van der Waals surface area contributed by atoms with Crippen LogP contribution in [0.4, 0.5) is 0 Å². The second-order valence-corrected chi connectivity index (χ2v) is 4.34. The third-order valence-corrected chi connectivity index (χ3v) is 2.77. The van der Waals surface area contributed by atoms with Gasteiger partial charge in [-0.2, -0.15) is 0 Å². The van der Waals surface area contributed by atoms with Crippen molar-refractivity contribution in [2.45, 2.75) is 20.8 Å². The number of rotatable bonds is 8. The molecule has 0 N–H and O–H groups in total. The van der Waals surface area contributed by atoms with Crippen LogP contribution in [0.3, 0.4) is 0 Å². The maximum atomic E-state index is 11.4. The van der Waals surface area contributed by atoms with E-state index >= 15 is 0 Å². The van der Waals surface area contributed by atoms with Crippen molar-refractivity contribution in [3.63, 3.8) is 0 Å². The molecule has 0 aliphatic rings. The number of esters is 1. The fourth-order valence-corrected chi connectivity index (χ4v) is 1.74. The molecule has 0 aliphatic carbocycles. The molecule has 1 rings (SSSR count).